The molecule has 2 heterocycles. The molecule has 0 fully saturated rings. The Morgan fingerprint density at radius 2 is 1.30 bits per heavy atom. The van der Waals surface area contributed by atoms with E-state index < -0.39 is 15.6 Å². The zero-order valence-corrected chi connectivity index (χ0v) is 21.4. The Morgan fingerprint density at radius 1 is 0.892 bits per heavy atom. The van der Waals surface area contributed by atoms with E-state index in [9.17, 15) is 13.2 Å². The van der Waals surface area contributed by atoms with Crippen LogP contribution in [0.2, 0.25) is 0 Å². The van der Waals surface area contributed by atoms with Gasteiger partial charge in [-0.05, 0) is 28.1 Å². The maximum Gasteiger partial charge on any atom is 0.485 e. The molecule has 0 saturated heterocycles. The highest BCUT2D eigenvalue weighted by atomic mass is 32.2. The lowest BCUT2D eigenvalue weighted by Gasteiger charge is -2.36. The molecule has 3 aromatic carbocycles. The minimum Gasteiger partial charge on any atom is -0.741 e. The largest absolute Gasteiger partial charge is 0.741 e. The number of alkyl halides is 3. The van der Waals surface area contributed by atoms with Gasteiger partial charge in [0.1, 0.15) is 7.05 Å². The van der Waals surface area contributed by atoms with Crippen molar-refractivity contribution in [1.82, 2.24) is 9.67 Å². The summed E-state index contributed by atoms with van der Waals surface area (Å²) in [4.78, 5) is 4.75. The van der Waals surface area contributed by atoms with E-state index in [0.717, 1.165) is 13.0 Å². The van der Waals surface area contributed by atoms with Crippen molar-refractivity contribution in [2.45, 2.75) is 28.5 Å². The minimum absolute atomic E-state index is 0.297. The fourth-order valence-corrected chi connectivity index (χ4v) is 6.13. The Bertz CT molecular complexity index is 1330. The number of hydrogen-bond donors (Lipinski definition) is 0. The van der Waals surface area contributed by atoms with Gasteiger partial charge < -0.3 is 4.55 Å². The smallest absolute Gasteiger partial charge is 0.485 e. The fraction of sp³-hybridized carbons (Fsp3) is 0.231. The summed E-state index contributed by atoms with van der Waals surface area (Å²) in [6.45, 7) is 1.01. The Hall–Kier alpha value is -3.15. The summed E-state index contributed by atoms with van der Waals surface area (Å²) < 4.78 is 63.0. The fourth-order valence-electron chi connectivity index (χ4n) is 4.37. The van der Waals surface area contributed by atoms with Gasteiger partial charge in [0.25, 0.3) is 5.82 Å². The van der Waals surface area contributed by atoms with Crippen LogP contribution in [0.15, 0.2) is 97.3 Å². The number of benzene rings is 3. The van der Waals surface area contributed by atoms with Crippen molar-refractivity contribution in [3.8, 4) is 0 Å². The van der Waals surface area contributed by atoms with E-state index in [1.807, 2.05) is 18.1 Å². The number of hydrogen-bond acceptors (Lipinski definition) is 5. The minimum atomic E-state index is -6.09. The molecule has 1 unspecified atom stereocenters. The van der Waals surface area contributed by atoms with Crippen LogP contribution < -0.4 is 4.68 Å². The zero-order chi connectivity index (χ0) is 26.7. The molecule has 0 saturated carbocycles. The van der Waals surface area contributed by atoms with E-state index >= 15 is 0 Å². The predicted molar refractivity (Wildman–Crippen MR) is 133 cm³/mol. The van der Waals surface area contributed by atoms with Gasteiger partial charge in [-0.2, -0.15) is 22.5 Å². The van der Waals surface area contributed by atoms with E-state index in [4.69, 9.17) is 18.0 Å². The second kappa shape index (κ2) is 10.7. The monoisotopic (exact) mass is 547 g/mol. The first-order valence-corrected chi connectivity index (χ1v) is 13.6. The third-order valence-corrected chi connectivity index (χ3v) is 8.40. The molecule has 194 valence electrons. The SMILES string of the molecule is C[n+]1cnc2n1CCC2SC(c1ccccc1)(c1ccccc1)c1ccccc1.O=S(=O)([O-])C(F)(F)F. The molecule has 0 bridgehead atoms. The lowest BCUT2D eigenvalue weighted by molar-refractivity contribution is -0.754. The standard InChI is InChI=1S/C25H24N3S.CHF3O3S/c1-27-19-26-24-23(17-18-28(24)27)29-25(20-11-5-2-6-12-20,21-13-7-3-8-14-21)22-15-9-4-10-16-22;2-1(3,4)8(5,6)7/h2-16,19,23H,17-18H2,1H3;(H,5,6,7)/q+1;/p-1. The summed E-state index contributed by atoms with van der Waals surface area (Å²) in [5, 5.41) is 0.330. The van der Waals surface area contributed by atoms with E-state index in [-0.39, 0.29) is 4.75 Å². The van der Waals surface area contributed by atoms with Gasteiger partial charge in [-0.15, -0.1) is 11.8 Å². The lowest BCUT2D eigenvalue weighted by atomic mass is 9.84. The number of aromatic nitrogens is 3. The van der Waals surface area contributed by atoms with Crippen molar-refractivity contribution in [1.29, 1.82) is 0 Å². The van der Waals surface area contributed by atoms with E-state index in [1.54, 1.807) is 0 Å². The number of fused-ring (bicyclic) bond motifs is 1. The Labute approximate surface area is 217 Å². The van der Waals surface area contributed by atoms with Gasteiger partial charge in [-0.1, -0.05) is 91.0 Å². The average Bonchev–Trinajstić information content (AvgIpc) is 3.46. The van der Waals surface area contributed by atoms with Crippen LogP contribution in [0, 0.1) is 0 Å². The number of halogens is 3. The third kappa shape index (κ3) is 5.58. The van der Waals surface area contributed by atoms with E-state index in [0.29, 0.717) is 5.25 Å². The first-order chi connectivity index (χ1) is 17.5. The summed E-state index contributed by atoms with van der Waals surface area (Å²) in [5.41, 5.74) is -1.74. The summed E-state index contributed by atoms with van der Waals surface area (Å²) in [5.74, 6) is 1.17. The second-order valence-corrected chi connectivity index (χ2v) is 11.2. The normalized spacial score (nSPS) is 15.5. The quantitative estimate of drug-likeness (QED) is 0.153. The van der Waals surface area contributed by atoms with Gasteiger partial charge in [0, 0.05) is 0 Å². The van der Waals surface area contributed by atoms with Crippen molar-refractivity contribution < 1.29 is 30.8 Å². The first-order valence-electron chi connectivity index (χ1n) is 11.3. The van der Waals surface area contributed by atoms with Crippen molar-refractivity contribution >= 4 is 21.9 Å². The topological polar surface area (TPSA) is 78.9 Å². The molecule has 5 rings (SSSR count). The summed E-state index contributed by atoms with van der Waals surface area (Å²) >= 11 is 2.02. The van der Waals surface area contributed by atoms with Crippen molar-refractivity contribution in [2.24, 2.45) is 7.05 Å². The average molecular weight is 548 g/mol. The highest BCUT2D eigenvalue weighted by Crippen LogP contribution is 2.55. The molecule has 0 aliphatic carbocycles. The van der Waals surface area contributed by atoms with Crippen LogP contribution in [-0.4, -0.2) is 28.1 Å². The Morgan fingerprint density at radius 3 is 1.68 bits per heavy atom. The highest BCUT2D eigenvalue weighted by Gasteiger charge is 2.44. The Kier molecular flexibility index (Phi) is 7.77. The van der Waals surface area contributed by atoms with Crippen molar-refractivity contribution in [3.63, 3.8) is 0 Å². The molecule has 0 amide bonds. The van der Waals surface area contributed by atoms with Crippen LogP contribution in [0.4, 0.5) is 13.2 Å². The molecule has 0 N–H and O–H groups in total. The molecule has 1 aliphatic rings. The van der Waals surface area contributed by atoms with Crippen LogP contribution in [-0.2, 0) is 28.5 Å². The summed E-state index contributed by atoms with van der Waals surface area (Å²) in [7, 11) is -4.02. The molecule has 4 aromatic rings. The first kappa shape index (κ1) is 26.9. The molecule has 6 nitrogen and oxygen atoms in total. The van der Waals surface area contributed by atoms with E-state index in [2.05, 4.69) is 107 Å². The van der Waals surface area contributed by atoms with Crippen LogP contribution in [0.3, 0.4) is 0 Å². The molecular formula is C26H24F3N3O3S2. The maximum atomic E-state index is 10.7. The van der Waals surface area contributed by atoms with Gasteiger partial charge in [-0.25, -0.2) is 8.42 Å². The van der Waals surface area contributed by atoms with Gasteiger partial charge in [0.15, 0.2) is 10.1 Å². The molecule has 37 heavy (non-hydrogen) atoms. The van der Waals surface area contributed by atoms with Crippen LogP contribution in [0.25, 0.3) is 0 Å². The van der Waals surface area contributed by atoms with Crippen LogP contribution >= 0.6 is 11.8 Å². The molecule has 1 aromatic heterocycles. The van der Waals surface area contributed by atoms with Gasteiger partial charge >= 0.3 is 11.8 Å². The molecule has 0 radical (unpaired) electrons. The van der Waals surface area contributed by atoms with Gasteiger partial charge in [0.2, 0.25) is 0 Å². The van der Waals surface area contributed by atoms with Gasteiger partial charge in [-0.3, -0.25) is 0 Å². The predicted octanol–water partition coefficient (Wildman–Crippen LogP) is 4.93. The highest BCUT2D eigenvalue weighted by molar-refractivity contribution is 8.00. The molecule has 11 heteroatoms. The maximum absolute atomic E-state index is 10.7. The number of aryl methyl sites for hydroxylation is 1. The van der Waals surface area contributed by atoms with Gasteiger partial charge in [0.05, 0.1) is 16.5 Å². The molecule has 1 atom stereocenters. The molecular weight excluding hydrogens is 523 g/mol. The number of thioether (sulfide) groups is 1. The zero-order valence-electron chi connectivity index (χ0n) is 19.7. The van der Waals surface area contributed by atoms with Crippen LogP contribution in [0.5, 0.6) is 0 Å². The second-order valence-electron chi connectivity index (χ2n) is 8.37. The Balaban J connectivity index is 0.000000349. The number of nitrogens with zero attached hydrogens (tertiary/aromatic N) is 3. The van der Waals surface area contributed by atoms with Crippen molar-refractivity contribution in [2.75, 3.05) is 0 Å². The summed E-state index contributed by atoms with van der Waals surface area (Å²) in [6.07, 6.45) is 3.02. The summed E-state index contributed by atoms with van der Waals surface area (Å²) in [6, 6.07) is 32.7. The third-order valence-electron chi connectivity index (χ3n) is 6.04. The molecule has 1 aliphatic heterocycles. The van der Waals surface area contributed by atoms with E-state index in [1.165, 1.54) is 22.5 Å². The number of rotatable bonds is 5. The van der Waals surface area contributed by atoms with Crippen LogP contribution in [0.1, 0.15) is 34.2 Å². The van der Waals surface area contributed by atoms with Crippen molar-refractivity contribution in [3.05, 3.63) is 120 Å². The lowest BCUT2D eigenvalue weighted by Crippen LogP contribution is -2.37. The molecule has 0 spiro atoms.